The third-order valence-electron chi connectivity index (χ3n) is 2.88. The summed E-state index contributed by atoms with van der Waals surface area (Å²) in [6.07, 6.45) is 2.09. The minimum Gasteiger partial charge on any atom is -0.390 e. The van der Waals surface area contributed by atoms with Crippen LogP contribution in [-0.4, -0.2) is 22.4 Å². The summed E-state index contributed by atoms with van der Waals surface area (Å²) in [6, 6.07) is 4.33. The number of hydrogen-bond acceptors (Lipinski definition) is 3. The molecule has 2 atom stereocenters. The van der Waals surface area contributed by atoms with E-state index in [2.05, 4.69) is 26.0 Å². The zero-order chi connectivity index (χ0) is 12.8. The van der Waals surface area contributed by atoms with E-state index in [9.17, 15) is 10.2 Å². The highest BCUT2D eigenvalue weighted by molar-refractivity contribution is 7.11. The largest absolute Gasteiger partial charge is 0.390 e. The van der Waals surface area contributed by atoms with Gasteiger partial charge in [0.1, 0.15) is 0 Å². The summed E-state index contributed by atoms with van der Waals surface area (Å²) < 4.78 is 0. The Hall–Kier alpha value is -0.380. The van der Waals surface area contributed by atoms with E-state index in [1.807, 2.05) is 18.3 Å². The molecule has 17 heavy (non-hydrogen) atoms. The molecule has 0 bridgehead atoms. The predicted octanol–water partition coefficient (Wildman–Crippen LogP) is 3.01. The van der Waals surface area contributed by atoms with E-state index in [1.165, 1.54) is 9.75 Å². The zero-order valence-electron chi connectivity index (χ0n) is 11.0. The van der Waals surface area contributed by atoms with Crippen molar-refractivity contribution in [1.82, 2.24) is 0 Å². The second-order valence-corrected chi connectivity index (χ2v) is 6.30. The van der Waals surface area contributed by atoms with Gasteiger partial charge in [-0.25, -0.2) is 0 Å². The van der Waals surface area contributed by atoms with Gasteiger partial charge >= 0.3 is 0 Å². The van der Waals surface area contributed by atoms with Gasteiger partial charge in [0.2, 0.25) is 0 Å². The van der Waals surface area contributed by atoms with E-state index in [-0.39, 0.29) is 0 Å². The maximum absolute atomic E-state index is 9.69. The van der Waals surface area contributed by atoms with Gasteiger partial charge in [-0.05, 0) is 43.7 Å². The molecular weight excluding hydrogens is 232 g/mol. The minimum absolute atomic E-state index is 0.579. The Morgan fingerprint density at radius 2 is 1.76 bits per heavy atom. The number of thiophene rings is 1. The van der Waals surface area contributed by atoms with Crippen molar-refractivity contribution in [1.29, 1.82) is 0 Å². The molecule has 3 heteroatoms. The molecule has 0 aliphatic heterocycles. The maximum atomic E-state index is 9.69. The quantitative estimate of drug-likeness (QED) is 0.787. The van der Waals surface area contributed by atoms with E-state index in [0.717, 1.165) is 12.8 Å². The lowest BCUT2D eigenvalue weighted by Crippen LogP contribution is -2.25. The molecule has 0 aliphatic carbocycles. The van der Waals surface area contributed by atoms with Crippen molar-refractivity contribution in [3.8, 4) is 0 Å². The molecule has 98 valence electrons. The lowest BCUT2D eigenvalue weighted by atomic mass is 10.1. The van der Waals surface area contributed by atoms with E-state index >= 15 is 0 Å². The lowest BCUT2D eigenvalue weighted by Gasteiger charge is -2.15. The van der Waals surface area contributed by atoms with Crippen LogP contribution in [0.1, 0.15) is 43.4 Å². The number of aliphatic hydroxyl groups excluding tert-OH is 2. The van der Waals surface area contributed by atoms with Crippen LogP contribution in [0, 0.1) is 5.92 Å². The molecule has 1 rings (SSSR count). The molecule has 0 saturated heterocycles. The number of aliphatic hydroxyl groups is 2. The zero-order valence-corrected chi connectivity index (χ0v) is 11.8. The molecule has 0 spiro atoms. The van der Waals surface area contributed by atoms with Gasteiger partial charge < -0.3 is 10.2 Å². The van der Waals surface area contributed by atoms with Gasteiger partial charge in [0, 0.05) is 9.75 Å². The summed E-state index contributed by atoms with van der Waals surface area (Å²) in [5, 5.41) is 19.2. The standard InChI is InChI=1S/C14H24O2S/c1-4-13(15)14(16)8-7-11-5-6-12(17-11)9-10(2)3/h5-6,10,13-16H,4,7-9H2,1-3H3. The van der Waals surface area contributed by atoms with E-state index in [4.69, 9.17) is 0 Å². The van der Waals surface area contributed by atoms with Crippen molar-refractivity contribution in [2.24, 2.45) is 5.92 Å². The fourth-order valence-electron chi connectivity index (χ4n) is 1.82. The Kier molecular flexibility index (Phi) is 6.17. The van der Waals surface area contributed by atoms with Gasteiger partial charge in [0.15, 0.2) is 0 Å². The van der Waals surface area contributed by atoms with Gasteiger partial charge in [-0.15, -0.1) is 11.3 Å². The minimum atomic E-state index is -0.587. The monoisotopic (exact) mass is 256 g/mol. The first kappa shape index (κ1) is 14.7. The average Bonchev–Trinajstić information content (AvgIpc) is 2.71. The highest BCUT2D eigenvalue weighted by Crippen LogP contribution is 2.21. The van der Waals surface area contributed by atoms with Crippen LogP contribution in [-0.2, 0) is 12.8 Å². The highest BCUT2D eigenvalue weighted by Gasteiger charge is 2.14. The van der Waals surface area contributed by atoms with Crippen molar-refractivity contribution in [3.63, 3.8) is 0 Å². The summed E-state index contributed by atoms with van der Waals surface area (Å²) >= 11 is 1.83. The number of hydrogen-bond donors (Lipinski definition) is 2. The first-order valence-electron chi connectivity index (χ1n) is 6.46. The first-order valence-corrected chi connectivity index (χ1v) is 7.28. The van der Waals surface area contributed by atoms with Crippen LogP contribution in [0.2, 0.25) is 0 Å². The molecule has 0 fully saturated rings. The molecule has 0 radical (unpaired) electrons. The third-order valence-corrected chi connectivity index (χ3v) is 4.04. The Morgan fingerprint density at radius 1 is 1.12 bits per heavy atom. The molecule has 2 unspecified atom stereocenters. The van der Waals surface area contributed by atoms with Gasteiger partial charge in [-0.2, -0.15) is 0 Å². The van der Waals surface area contributed by atoms with Crippen LogP contribution in [0.3, 0.4) is 0 Å². The molecule has 0 aliphatic rings. The van der Waals surface area contributed by atoms with Crippen LogP contribution < -0.4 is 0 Å². The van der Waals surface area contributed by atoms with Gasteiger partial charge in [-0.1, -0.05) is 20.8 Å². The van der Waals surface area contributed by atoms with Gasteiger partial charge in [0.25, 0.3) is 0 Å². The Balaban J connectivity index is 2.39. The molecule has 2 nitrogen and oxygen atoms in total. The average molecular weight is 256 g/mol. The lowest BCUT2D eigenvalue weighted by molar-refractivity contribution is 0.0131. The smallest absolute Gasteiger partial charge is 0.0802 e. The second kappa shape index (κ2) is 7.14. The summed E-state index contributed by atoms with van der Waals surface area (Å²) in [6.45, 7) is 6.33. The Labute approximate surface area is 108 Å². The molecule has 0 amide bonds. The second-order valence-electron chi connectivity index (χ2n) is 5.05. The van der Waals surface area contributed by atoms with Crippen molar-refractivity contribution in [2.75, 3.05) is 0 Å². The summed E-state index contributed by atoms with van der Waals surface area (Å²) in [5.74, 6) is 0.689. The topological polar surface area (TPSA) is 40.5 Å². The van der Waals surface area contributed by atoms with Crippen LogP contribution >= 0.6 is 11.3 Å². The molecule has 2 N–H and O–H groups in total. The van der Waals surface area contributed by atoms with Crippen molar-refractivity contribution in [3.05, 3.63) is 21.9 Å². The van der Waals surface area contributed by atoms with Gasteiger partial charge in [-0.3, -0.25) is 0 Å². The fourth-order valence-corrected chi connectivity index (χ4v) is 3.07. The number of aryl methyl sites for hydroxylation is 1. The van der Waals surface area contributed by atoms with E-state index < -0.39 is 12.2 Å². The van der Waals surface area contributed by atoms with Crippen LogP contribution in [0.5, 0.6) is 0 Å². The van der Waals surface area contributed by atoms with Crippen LogP contribution in [0.15, 0.2) is 12.1 Å². The molecule has 1 aromatic rings. The predicted molar refractivity (Wildman–Crippen MR) is 73.5 cm³/mol. The van der Waals surface area contributed by atoms with Crippen LogP contribution in [0.25, 0.3) is 0 Å². The van der Waals surface area contributed by atoms with E-state index in [1.54, 1.807) is 0 Å². The Morgan fingerprint density at radius 3 is 2.35 bits per heavy atom. The first-order chi connectivity index (χ1) is 8.02. The molecule has 0 saturated carbocycles. The van der Waals surface area contributed by atoms with Crippen molar-refractivity contribution in [2.45, 2.75) is 58.7 Å². The maximum Gasteiger partial charge on any atom is 0.0802 e. The summed E-state index contributed by atoms with van der Waals surface area (Å²) in [4.78, 5) is 2.73. The molecule has 1 aromatic heterocycles. The summed E-state index contributed by atoms with van der Waals surface area (Å²) in [5.41, 5.74) is 0. The SMILES string of the molecule is CCC(O)C(O)CCc1ccc(CC(C)C)s1. The molecular formula is C14H24O2S. The van der Waals surface area contributed by atoms with Gasteiger partial charge in [0.05, 0.1) is 12.2 Å². The Bertz CT molecular complexity index is 320. The van der Waals surface area contributed by atoms with Crippen molar-refractivity contribution >= 4 is 11.3 Å². The van der Waals surface area contributed by atoms with Crippen molar-refractivity contribution < 1.29 is 10.2 Å². The molecule has 1 heterocycles. The van der Waals surface area contributed by atoms with Crippen LogP contribution in [0.4, 0.5) is 0 Å². The summed E-state index contributed by atoms with van der Waals surface area (Å²) in [7, 11) is 0. The number of rotatable bonds is 7. The molecule has 0 aromatic carbocycles. The van der Waals surface area contributed by atoms with E-state index in [0.29, 0.717) is 18.8 Å². The third kappa shape index (κ3) is 5.19. The normalized spacial score (nSPS) is 15.2. The highest BCUT2D eigenvalue weighted by atomic mass is 32.1. The fraction of sp³-hybridized carbons (Fsp3) is 0.714.